The van der Waals surface area contributed by atoms with Gasteiger partial charge in [-0.2, -0.15) is 22.0 Å². The Kier molecular flexibility index (Phi) is 4.57. The summed E-state index contributed by atoms with van der Waals surface area (Å²) >= 11 is 5.20. The van der Waals surface area contributed by atoms with Gasteiger partial charge >= 0.3 is 19.2 Å². The molecule has 0 unspecified atom stereocenters. The van der Waals surface area contributed by atoms with E-state index in [4.69, 9.17) is 11.6 Å². The van der Waals surface area contributed by atoms with Crippen LogP contribution in [-0.4, -0.2) is 13.0 Å². The fourth-order valence-electron chi connectivity index (χ4n) is 1.19. The molecule has 0 amide bonds. The molecule has 0 heterocycles. The Labute approximate surface area is 110 Å². The molecule has 0 aromatic heterocycles. The second kappa shape index (κ2) is 5.51. The van der Waals surface area contributed by atoms with E-state index in [-0.39, 0.29) is 12.1 Å². The first-order chi connectivity index (χ1) is 8.90. The third-order valence-corrected chi connectivity index (χ3v) is 1.98. The van der Waals surface area contributed by atoms with E-state index in [0.717, 1.165) is 0 Å². The molecule has 0 radical (unpaired) electrons. The van der Waals surface area contributed by atoms with Crippen LogP contribution in [0.5, 0.6) is 11.5 Å². The molecule has 0 atom stereocenters. The van der Waals surface area contributed by atoms with Gasteiger partial charge in [-0.05, 0) is 6.07 Å². The zero-order valence-electron chi connectivity index (χ0n) is 8.95. The Morgan fingerprint density at radius 3 is 1.95 bits per heavy atom. The lowest BCUT2D eigenvalue weighted by Crippen LogP contribution is -2.20. The van der Waals surface area contributed by atoms with Crippen molar-refractivity contribution in [2.45, 2.75) is 19.2 Å². The molecule has 0 N–H and O–H groups in total. The van der Waals surface area contributed by atoms with E-state index in [0.29, 0.717) is 0 Å². The van der Waals surface area contributed by atoms with E-state index < -0.39 is 41.2 Å². The Morgan fingerprint density at radius 2 is 1.55 bits per heavy atom. The van der Waals surface area contributed by atoms with Gasteiger partial charge < -0.3 is 9.47 Å². The summed E-state index contributed by atoms with van der Waals surface area (Å²) in [4.78, 5) is 0. The standard InChI is InChI=1S/C9H3ClF8O2/c10-3-1-4(8(13,14)15)6(19-7(11)12)5(2-3)20-9(16,17)18/h1-2,7H. The van der Waals surface area contributed by atoms with Crippen LogP contribution in [0.3, 0.4) is 0 Å². The van der Waals surface area contributed by atoms with Gasteiger partial charge in [0.25, 0.3) is 0 Å². The average molecular weight is 331 g/mol. The maximum absolute atomic E-state index is 12.6. The molecule has 0 fully saturated rings. The number of hydrogen-bond acceptors (Lipinski definition) is 2. The van der Waals surface area contributed by atoms with Gasteiger partial charge in [-0.1, -0.05) is 11.6 Å². The highest BCUT2D eigenvalue weighted by molar-refractivity contribution is 6.30. The van der Waals surface area contributed by atoms with Crippen LogP contribution in [-0.2, 0) is 6.18 Å². The molecule has 1 aromatic carbocycles. The minimum atomic E-state index is -5.41. The molecule has 1 rings (SSSR count). The molecule has 0 saturated carbocycles. The number of benzene rings is 1. The zero-order chi connectivity index (χ0) is 15.7. The lowest BCUT2D eigenvalue weighted by atomic mass is 10.2. The summed E-state index contributed by atoms with van der Waals surface area (Å²) in [7, 11) is 0. The number of rotatable bonds is 3. The summed E-state index contributed by atoms with van der Waals surface area (Å²) < 4.78 is 105. The molecule has 0 aliphatic heterocycles. The number of halogens is 9. The highest BCUT2D eigenvalue weighted by Crippen LogP contribution is 2.45. The quantitative estimate of drug-likeness (QED) is 0.737. The fraction of sp³-hybridized carbons (Fsp3) is 0.333. The van der Waals surface area contributed by atoms with Gasteiger partial charge in [-0.15, -0.1) is 13.2 Å². The van der Waals surface area contributed by atoms with Crippen LogP contribution in [0.25, 0.3) is 0 Å². The average Bonchev–Trinajstić information content (AvgIpc) is 2.16. The third kappa shape index (κ3) is 4.58. The SMILES string of the molecule is FC(F)Oc1c(OC(F)(F)F)cc(Cl)cc1C(F)(F)F. The highest BCUT2D eigenvalue weighted by Gasteiger charge is 2.40. The van der Waals surface area contributed by atoms with Crippen molar-refractivity contribution in [1.29, 1.82) is 0 Å². The molecule has 0 spiro atoms. The molecule has 0 bridgehead atoms. The van der Waals surface area contributed by atoms with Crippen molar-refractivity contribution in [1.82, 2.24) is 0 Å². The van der Waals surface area contributed by atoms with Crippen LogP contribution < -0.4 is 9.47 Å². The van der Waals surface area contributed by atoms with E-state index in [9.17, 15) is 35.1 Å². The predicted octanol–water partition coefficient (Wildman–Crippen LogP) is 4.86. The lowest BCUT2D eigenvalue weighted by molar-refractivity contribution is -0.275. The molecule has 0 aliphatic rings. The first-order valence-electron chi connectivity index (χ1n) is 4.51. The van der Waals surface area contributed by atoms with Gasteiger partial charge in [0.1, 0.15) is 5.56 Å². The summed E-state index contributed by atoms with van der Waals surface area (Å²) in [5, 5.41) is -0.793. The highest BCUT2D eigenvalue weighted by atomic mass is 35.5. The molecule has 2 nitrogen and oxygen atoms in total. The molecule has 114 valence electrons. The molecular weight excluding hydrogens is 328 g/mol. The minimum Gasteiger partial charge on any atom is -0.430 e. The summed E-state index contributed by atoms with van der Waals surface area (Å²) in [6.07, 6.45) is -10.7. The summed E-state index contributed by atoms with van der Waals surface area (Å²) in [6, 6.07) is 0.421. The Morgan fingerprint density at radius 1 is 1.00 bits per heavy atom. The number of hydrogen-bond donors (Lipinski definition) is 0. The van der Waals surface area contributed by atoms with Gasteiger partial charge in [0.15, 0.2) is 11.5 Å². The topological polar surface area (TPSA) is 18.5 Å². The normalized spacial score (nSPS) is 12.7. The van der Waals surface area contributed by atoms with Crippen molar-refractivity contribution in [2.75, 3.05) is 0 Å². The van der Waals surface area contributed by atoms with Crippen molar-refractivity contribution in [2.24, 2.45) is 0 Å². The van der Waals surface area contributed by atoms with Crippen LogP contribution in [0.4, 0.5) is 35.1 Å². The van der Waals surface area contributed by atoms with Gasteiger partial charge in [0.05, 0.1) is 0 Å². The Hall–Kier alpha value is -1.45. The molecular formula is C9H3ClF8O2. The lowest BCUT2D eigenvalue weighted by Gasteiger charge is -2.18. The van der Waals surface area contributed by atoms with Crippen LogP contribution in [0, 0.1) is 0 Å². The fourth-order valence-corrected chi connectivity index (χ4v) is 1.40. The van der Waals surface area contributed by atoms with E-state index >= 15 is 0 Å². The van der Waals surface area contributed by atoms with Gasteiger partial charge in [-0.3, -0.25) is 0 Å². The first-order valence-corrected chi connectivity index (χ1v) is 4.89. The maximum Gasteiger partial charge on any atom is 0.573 e. The van der Waals surface area contributed by atoms with Crippen LogP contribution >= 0.6 is 11.6 Å². The van der Waals surface area contributed by atoms with Gasteiger partial charge in [-0.25, -0.2) is 0 Å². The van der Waals surface area contributed by atoms with Crippen LogP contribution in [0.2, 0.25) is 5.02 Å². The molecule has 0 aliphatic carbocycles. The van der Waals surface area contributed by atoms with Crippen molar-refractivity contribution in [3.05, 3.63) is 22.7 Å². The summed E-state index contributed by atoms with van der Waals surface area (Å²) in [5.41, 5.74) is -1.91. The van der Waals surface area contributed by atoms with Gasteiger partial charge in [0.2, 0.25) is 0 Å². The molecule has 1 aromatic rings. The summed E-state index contributed by atoms with van der Waals surface area (Å²) in [6.45, 7) is -3.78. The Balaban J connectivity index is 3.44. The monoisotopic (exact) mass is 330 g/mol. The van der Waals surface area contributed by atoms with Crippen molar-refractivity contribution >= 4 is 11.6 Å². The predicted molar refractivity (Wildman–Crippen MR) is 49.8 cm³/mol. The van der Waals surface area contributed by atoms with Crippen molar-refractivity contribution < 1.29 is 44.6 Å². The summed E-state index contributed by atoms with van der Waals surface area (Å²) in [5.74, 6) is -3.41. The van der Waals surface area contributed by atoms with Gasteiger partial charge in [0, 0.05) is 11.1 Å². The zero-order valence-corrected chi connectivity index (χ0v) is 9.71. The van der Waals surface area contributed by atoms with Crippen molar-refractivity contribution in [3.8, 4) is 11.5 Å². The van der Waals surface area contributed by atoms with E-state index in [1.807, 2.05) is 0 Å². The molecule has 0 saturated heterocycles. The number of alkyl halides is 8. The van der Waals surface area contributed by atoms with E-state index in [1.54, 1.807) is 0 Å². The second-order valence-electron chi connectivity index (χ2n) is 3.20. The minimum absolute atomic E-state index is 0.141. The Bertz CT molecular complexity index is 482. The third-order valence-electron chi connectivity index (χ3n) is 1.76. The number of ether oxygens (including phenoxy) is 2. The molecule has 11 heteroatoms. The smallest absolute Gasteiger partial charge is 0.430 e. The van der Waals surface area contributed by atoms with Crippen LogP contribution in [0.15, 0.2) is 12.1 Å². The van der Waals surface area contributed by atoms with Crippen molar-refractivity contribution in [3.63, 3.8) is 0 Å². The van der Waals surface area contributed by atoms with Crippen LogP contribution in [0.1, 0.15) is 5.56 Å². The molecule has 20 heavy (non-hydrogen) atoms. The maximum atomic E-state index is 12.6. The first kappa shape index (κ1) is 16.6. The second-order valence-corrected chi connectivity index (χ2v) is 3.64. The largest absolute Gasteiger partial charge is 0.573 e. The van der Waals surface area contributed by atoms with E-state index in [2.05, 4.69) is 9.47 Å². The van der Waals surface area contributed by atoms with E-state index in [1.165, 1.54) is 0 Å².